The molecular formula is C23H24ClFN4OSi. The highest BCUT2D eigenvalue weighted by molar-refractivity contribution is 6.76. The van der Waals surface area contributed by atoms with E-state index in [1.165, 1.54) is 6.07 Å². The maximum absolute atomic E-state index is 14.4. The molecule has 0 unspecified atom stereocenters. The number of hydrogen-bond donors (Lipinski definition) is 0. The average Bonchev–Trinajstić information content (AvgIpc) is 3.19. The molecule has 3 aromatic heterocycles. The Morgan fingerprint density at radius 2 is 1.94 bits per heavy atom. The standard InChI is InChI=1S/C23H24ClFN4OSi/c1-31(2,3)11-10-30-15-29-14-16(13-27-29)22-19-12-18(17-6-4-5-7-20(17)25)23(24)28-21(19)8-9-26-22/h4-9,12-14H,10-11,15H2,1-3H3. The van der Waals surface area contributed by atoms with Crippen LogP contribution in [0, 0.1) is 5.82 Å². The summed E-state index contributed by atoms with van der Waals surface area (Å²) in [5.41, 5.74) is 3.18. The third-order valence-corrected chi connectivity index (χ3v) is 6.98. The molecule has 0 aliphatic carbocycles. The van der Waals surface area contributed by atoms with Gasteiger partial charge in [0, 0.05) is 49.2 Å². The van der Waals surface area contributed by atoms with Gasteiger partial charge in [-0.3, -0.25) is 4.98 Å². The third-order valence-electron chi connectivity index (χ3n) is 4.99. The molecule has 0 saturated heterocycles. The smallest absolute Gasteiger partial charge is 0.139 e. The Balaban J connectivity index is 1.65. The second-order valence-electron chi connectivity index (χ2n) is 8.65. The number of ether oxygens (including phenoxy) is 1. The number of pyridine rings is 2. The van der Waals surface area contributed by atoms with E-state index in [9.17, 15) is 4.39 Å². The second kappa shape index (κ2) is 8.86. The minimum Gasteiger partial charge on any atom is -0.360 e. The first-order valence-corrected chi connectivity index (χ1v) is 14.2. The van der Waals surface area contributed by atoms with Crippen molar-refractivity contribution < 1.29 is 9.13 Å². The van der Waals surface area contributed by atoms with Crippen LogP contribution in [0.5, 0.6) is 0 Å². The first-order valence-electron chi connectivity index (χ1n) is 10.1. The molecule has 0 amide bonds. The molecule has 0 aliphatic heterocycles. The lowest BCUT2D eigenvalue weighted by molar-refractivity contribution is 0.0786. The summed E-state index contributed by atoms with van der Waals surface area (Å²) in [5.74, 6) is -0.348. The van der Waals surface area contributed by atoms with Crippen LogP contribution in [0.1, 0.15) is 0 Å². The first-order chi connectivity index (χ1) is 14.8. The quantitative estimate of drug-likeness (QED) is 0.188. The van der Waals surface area contributed by atoms with Gasteiger partial charge in [-0.25, -0.2) is 14.1 Å². The molecule has 0 aliphatic rings. The van der Waals surface area contributed by atoms with Gasteiger partial charge in [-0.2, -0.15) is 5.10 Å². The van der Waals surface area contributed by atoms with Crippen LogP contribution in [-0.2, 0) is 11.5 Å². The van der Waals surface area contributed by atoms with Crippen molar-refractivity contribution in [2.24, 2.45) is 0 Å². The van der Waals surface area contributed by atoms with E-state index in [2.05, 4.69) is 34.7 Å². The molecule has 0 atom stereocenters. The van der Waals surface area contributed by atoms with E-state index in [1.54, 1.807) is 41.3 Å². The molecule has 3 heterocycles. The fourth-order valence-electron chi connectivity index (χ4n) is 3.26. The van der Waals surface area contributed by atoms with Gasteiger partial charge in [-0.15, -0.1) is 0 Å². The predicted molar refractivity (Wildman–Crippen MR) is 125 cm³/mol. The van der Waals surface area contributed by atoms with E-state index in [-0.39, 0.29) is 11.0 Å². The average molecular weight is 455 g/mol. The Labute approximate surface area is 186 Å². The van der Waals surface area contributed by atoms with Gasteiger partial charge in [0.05, 0.1) is 17.4 Å². The number of aromatic nitrogens is 4. The highest BCUT2D eigenvalue weighted by Crippen LogP contribution is 2.34. The molecule has 1 aromatic carbocycles. The summed E-state index contributed by atoms with van der Waals surface area (Å²) in [4.78, 5) is 9.02. The number of hydrogen-bond acceptors (Lipinski definition) is 4. The Kier molecular flexibility index (Phi) is 6.18. The molecule has 0 bridgehead atoms. The SMILES string of the molecule is C[Si](C)(C)CCOCn1cc(-c2nccc3nc(Cl)c(-c4ccccc4F)cc23)cn1. The lowest BCUT2D eigenvalue weighted by atomic mass is 10.0. The van der Waals surface area contributed by atoms with Crippen molar-refractivity contribution in [3.8, 4) is 22.4 Å². The number of halogens is 2. The van der Waals surface area contributed by atoms with Gasteiger partial charge < -0.3 is 4.74 Å². The van der Waals surface area contributed by atoms with Crippen LogP contribution in [0.15, 0.2) is 55.0 Å². The second-order valence-corrected chi connectivity index (χ2v) is 14.6. The van der Waals surface area contributed by atoms with Crippen molar-refractivity contribution in [2.75, 3.05) is 6.61 Å². The van der Waals surface area contributed by atoms with Crippen LogP contribution >= 0.6 is 11.6 Å². The summed E-state index contributed by atoms with van der Waals surface area (Å²) >= 11 is 6.39. The fraction of sp³-hybridized carbons (Fsp3) is 0.261. The summed E-state index contributed by atoms with van der Waals surface area (Å²) in [6.45, 7) is 8.09. The van der Waals surface area contributed by atoms with Crippen LogP contribution in [-0.4, -0.2) is 34.4 Å². The Bertz CT molecular complexity index is 1220. The summed E-state index contributed by atoms with van der Waals surface area (Å²) in [7, 11) is -1.12. The van der Waals surface area contributed by atoms with Crippen LogP contribution in [0.2, 0.25) is 30.8 Å². The molecule has 0 spiro atoms. The molecular weight excluding hydrogens is 431 g/mol. The van der Waals surface area contributed by atoms with E-state index in [0.29, 0.717) is 29.1 Å². The molecule has 31 heavy (non-hydrogen) atoms. The van der Waals surface area contributed by atoms with Gasteiger partial charge in [0.1, 0.15) is 17.7 Å². The van der Waals surface area contributed by atoms with Gasteiger partial charge in [-0.1, -0.05) is 49.4 Å². The number of fused-ring (bicyclic) bond motifs is 1. The monoisotopic (exact) mass is 454 g/mol. The molecule has 4 aromatic rings. The van der Waals surface area contributed by atoms with Crippen LogP contribution in [0.3, 0.4) is 0 Å². The first kappa shape index (κ1) is 21.6. The zero-order valence-corrected chi connectivity index (χ0v) is 19.5. The molecule has 0 radical (unpaired) electrons. The molecule has 0 N–H and O–H groups in total. The van der Waals surface area contributed by atoms with Gasteiger partial charge in [-0.05, 0) is 24.2 Å². The van der Waals surface area contributed by atoms with Crippen LogP contribution in [0.4, 0.5) is 4.39 Å². The van der Waals surface area contributed by atoms with Crippen molar-refractivity contribution in [1.82, 2.24) is 19.7 Å². The lowest BCUT2D eigenvalue weighted by Crippen LogP contribution is -2.22. The highest BCUT2D eigenvalue weighted by atomic mass is 35.5. The normalized spacial score (nSPS) is 11.9. The predicted octanol–water partition coefficient (Wildman–Crippen LogP) is 6.27. The minimum atomic E-state index is -1.12. The van der Waals surface area contributed by atoms with Crippen molar-refractivity contribution in [1.29, 1.82) is 0 Å². The van der Waals surface area contributed by atoms with Gasteiger partial charge in [0.25, 0.3) is 0 Å². The summed E-state index contributed by atoms with van der Waals surface area (Å²) in [6, 6.07) is 11.3. The van der Waals surface area contributed by atoms with Crippen LogP contribution < -0.4 is 0 Å². The van der Waals surface area contributed by atoms with E-state index in [1.807, 2.05) is 12.3 Å². The molecule has 0 saturated carbocycles. The topological polar surface area (TPSA) is 52.8 Å². The van der Waals surface area contributed by atoms with Crippen molar-refractivity contribution in [2.45, 2.75) is 32.4 Å². The lowest BCUT2D eigenvalue weighted by Gasteiger charge is -2.15. The summed E-state index contributed by atoms with van der Waals surface area (Å²) in [5, 5.41) is 5.44. The van der Waals surface area contributed by atoms with Crippen molar-refractivity contribution >= 4 is 30.6 Å². The largest absolute Gasteiger partial charge is 0.360 e. The maximum Gasteiger partial charge on any atom is 0.139 e. The Hall–Kier alpha value is -2.61. The van der Waals surface area contributed by atoms with Crippen molar-refractivity contribution in [3.63, 3.8) is 0 Å². The number of benzene rings is 1. The minimum absolute atomic E-state index is 0.251. The highest BCUT2D eigenvalue weighted by Gasteiger charge is 2.16. The fourth-order valence-corrected chi connectivity index (χ4v) is 4.27. The van der Waals surface area contributed by atoms with E-state index < -0.39 is 8.07 Å². The van der Waals surface area contributed by atoms with Gasteiger partial charge in [0.2, 0.25) is 0 Å². The van der Waals surface area contributed by atoms with E-state index in [4.69, 9.17) is 16.3 Å². The molecule has 5 nitrogen and oxygen atoms in total. The Morgan fingerprint density at radius 3 is 2.71 bits per heavy atom. The zero-order chi connectivity index (χ0) is 22.0. The zero-order valence-electron chi connectivity index (χ0n) is 17.8. The molecule has 0 fully saturated rings. The van der Waals surface area contributed by atoms with Gasteiger partial charge in [0.15, 0.2) is 0 Å². The van der Waals surface area contributed by atoms with E-state index in [0.717, 1.165) is 23.6 Å². The third kappa shape index (κ3) is 5.00. The molecule has 8 heteroatoms. The molecule has 160 valence electrons. The number of rotatable bonds is 7. The van der Waals surface area contributed by atoms with Crippen LogP contribution in [0.25, 0.3) is 33.3 Å². The molecule has 4 rings (SSSR count). The van der Waals surface area contributed by atoms with Crippen molar-refractivity contribution in [3.05, 3.63) is 66.0 Å². The Morgan fingerprint density at radius 1 is 1.13 bits per heavy atom. The number of nitrogens with zero attached hydrogens (tertiary/aromatic N) is 4. The van der Waals surface area contributed by atoms with Gasteiger partial charge >= 0.3 is 0 Å². The van der Waals surface area contributed by atoms with E-state index >= 15 is 0 Å². The maximum atomic E-state index is 14.4. The summed E-state index contributed by atoms with van der Waals surface area (Å²) in [6.07, 6.45) is 5.33. The summed E-state index contributed by atoms with van der Waals surface area (Å²) < 4.78 is 21.9.